The number of carbonyl (C=O) groups is 1. The van der Waals surface area contributed by atoms with E-state index >= 15 is 0 Å². The van der Waals surface area contributed by atoms with Crippen LogP contribution >= 0.6 is 23.4 Å². The molecular formula is C49H57ClN6O5S2. The summed E-state index contributed by atoms with van der Waals surface area (Å²) < 4.78 is 29.2. The molecule has 2 aliphatic heterocycles. The Balaban J connectivity index is 0.952. The lowest BCUT2D eigenvalue weighted by Crippen LogP contribution is -2.46. The molecular weight excluding hydrogens is 852 g/mol. The zero-order chi connectivity index (χ0) is 44.3. The van der Waals surface area contributed by atoms with Crippen LogP contribution in [-0.2, 0) is 16.6 Å². The van der Waals surface area contributed by atoms with Crippen molar-refractivity contribution >= 4 is 56.4 Å². The summed E-state index contributed by atoms with van der Waals surface area (Å²) in [5.41, 5.74) is 4.52. The number of hydrogen-bond acceptors (Lipinski definition) is 10. The minimum Gasteiger partial charge on any atom is -0.376 e. The number of hydrogen-bond donors (Lipinski definition) is 2. The average Bonchev–Trinajstić information content (AvgIpc) is 3.28. The van der Waals surface area contributed by atoms with Crippen LogP contribution in [0.15, 0.2) is 131 Å². The number of likely N-dealkylation sites (tertiary alicyclic amines) is 1. The lowest BCUT2D eigenvalue weighted by atomic mass is 9.88. The molecule has 2 N–H and O–H groups in total. The summed E-state index contributed by atoms with van der Waals surface area (Å²) >= 11 is 7.81. The van der Waals surface area contributed by atoms with E-state index < -0.39 is 20.9 Å². The summed E-state index contributed by atoms with van der Waals surface area (Å²) in [6, 6.07) is 36.8. The van der Waals surface area contributed by atoms with E-state index in [1.165, 1.54) is 42.5 Å². The summed E-state index contributed by atoms with van der Waals surface area (Å²) in [7, 11) is -4.44. The van der Waals surface area contributed by atoms with Crippen LogP contribution < -0.4 is 14.9 Å². The monoisotopic (exact) mass is 908 g/mol. The van der Waals surface area contributed by atoms with Gasteiger partial charge in [-0.1, -0.05) is 80.0 Å². The number of piperazine rings is 1. The van der Waals surface area contributed by atoms with Crippen molar-refractivity contribution in [3.05, 3.63) is 148 Å². The van der Waals surface area contributed by atoms with Crippen molar-refractivity contribution in [3.8, 4) is 11.1 Å². The summed E-state index contributed by atoms with van der Waals surface area (Å²) in [5.74, 6) is 1.30. The molecule has 0 saturated carbocycles. The Morgan fingerprint density at radius 1 is 0.841 bits per heavy atom. The number of carbonyl (C=O) groups excluding carboxylic acids is 1. The first-order valence-corrected chi connectivity index (χ1v) is 24.7. The highest BCUT2D eigenvalue weighted by molar-refractivity contribution is 7.99. The molecule has 63 heavy (non-hydrogen) atoms. The molecule has 0 unspecified atom stereocenters. The third-order valence-electron chi connectivity index (χ3n) is 12.0. The molecule has 0 aromatic heterocycles. The van der Waals surface area contributed by atoms with Gasteiger partial charge in [-0.25, -0.2) is 13.1 Å². The Morgan fingerprint density at radius 2 is 1.52 bits per heavy atom. The first kappa shape index (κ1) is 46.1. The van der Waals surface area contributed by atoms with E-state index in [0.717, 1.165) is 86.9 Å². The number of nitro benzene ring substituents is 1. The summed E-state index contributed by atoms with van der Waals surface area (Å²) in [6.07, 6.45) is 4.37. The van der Waals surface area contributed by atoms with Gasteiger partial charge in [0.2, 0.25) is 0 Å². The molecule has 7 rings (SSSR count). The van der Waals surface area contributed by atoms with Gasteiger partial charge < -0.3 is 15.1 Å². The van der Waals surface area contributed by atoms with Gasteiger partial charge in [0.05, 0.1) is 9.82 Å². The maximum atomic E-state index is 13.5. The van der Waals surface area contributed by atoms with Crippen molar-refractivity contribution in [3.63, 3.8) is 0 Å². The van der Waals surface area contributed by atoms with Gasteiger partial charge in [-0.05, 0) is 128 Å². The molecule has 0 radical (unpaired) electrons. The predicted molar refractivity (Wildman–Crippen MR) is 256 cm³/mol. The van der Waals surface area contributed by atoms with Crippen LogP contribution in [0, 0.1) is 22.0 Å². The number of amides is 1. The lowest BCUT2D eigenvalue weighted by Gasteiger charge is -2.36. The van der Waals surface area contributed by atoms with Gasteiger partial charge >= 0.3 is 0 Å². The van der Waals surface area contributed by atoms with Gasteiger partial charge in [0.25, 0.3) is 21.6 Å². The van der Waals surface area contributed by atoms with E-state index in [9.17, 15) is 23.3 Å². The lowest BCUT2D eigenvalue weighted by molar-refractivity contribution is -0.384. The second-order valence-electron chi connectivity index (χ2n) is 17.0. The summed E-state index contributed by atoms with van der Waals surface area (Å²) in [6.45, 7) is 11.6. The predicted octanol–water partition coefficient (Wildman–Crippen LogP) is 10.1. The van der Waals surface area contributed by atoms with Gasteiger partial charge in [-0.15, -0.1) is 11.8 Å². The normalized spacial score (nSPS) is 15.9. The van der Waals surface area contributed by atoms with E-state index in [2.05, 4.69) is 56.8 Å². The SMILES string of the molecule is CC(C)CC1CCN(CC[C@H](CSc2ccccc2)Nc2ccc(S(=O)(=O)NC(=O)c3ccc(N4CCN(Cc5ccccc5-c5ccc(Cl)cc5)CC4)cc3)cc2[N+](=O)[O-])CC1. The number of halogens is 1. The van der Waals surface area contributed by atoms with Crippen molar-refractivity contribution in [2.45, 2.75) is 61.9 Å². The average molecular weight is 910 g/mol. The number of sulfonamides is 1. The molecule has 2 fully saturated rings. The van der Waals surface area contributed by atoms with Crippen molar-refractivity contribution < 1.29 is 18.1 Å². The van der Waals surface area contributed by atoms with E-state index in [0.29, 0.717) is 16.7 Å². The van der Waals surface area contributed by atoms with Crippen molar-refractivity contribution in [2.24, 2.45) is 11.8 Å². The second-order valence-corrected chi connectivity index (χ2v) is 20.2. The standard InChI is InChI=1S/C49H57ClN6O5S2/c1-36(2)32-37-22-25-53(26-23-37)27-24-42(35-62-44-9-4-3-5-10-44)51-47-21-20-45(33-48(47)56(58)59)63(60,61)52-49(57)39-14-18-43(19-15-39)55-30-28-54(29-31-55)34-40-8-6-7-11-46(40)38-12-16-41(50)17-13-38/h3-21,33,36-37,42,51H,22-32,34-35H2,1-2H3,(H,52,57)/t42-/m1/s1. The molecule has 1 atom stereocenters. The van der Waals surface area contributed by atoms with Crippen LogP contribution in [0.2, 0.25) is 5.02 Å². The molecule has 2 saturated heterocycles. The molecule has 5 aromatic carbocycles. The smallest absolute Gasteiger partial charge is 0.293 e. The quantitative estimate of drug-likeness (QED) is 0.0498. The number of anilines is 2. The van der Waals surface area contributed by atoms with E-state index in [1.807, 2.05) is 72.8 Å². The van der Waals surface area contributed by atoms with Crippen molar-refractivity contribution in [1.82, 2.24) is 14.5 Å². The van der Waals surface area contributed by atoms with Crippen LogP contribution in [0.4, 0.5) is 17.1 Å². The molecule has 1 amide bonds. The third kappa shape index (κ3) is 12.9. The molecule has 2 heterocycles. The number of benzene rings is 5. The Kier molecular flexibility index (Phi) is 15.8. The van der Waals surface area contributed by atoms with Crippen molar-refractivity contribution in [1.29, 1.82) is 0 Å². The van der Waals surface area contributed by atoms with Crippen LogP contribution in [0.25, 0.3) is 11.1 Å². The Morgan fingerprint density at radius 3 is 2.21 bits per heavy atom. The van der Waals surface area contributed by atoms with E-state index in [4.69, 9.17) is 11.6 Å². The first-order chi connectivity index (χ1) is 30.4. The van der Waals surface area contributed by atoms with Crippen LogP contribution in [0.3, 0.4) is 0 Å². The van der Waals surface area contributed by atoms with Gasteiger partial charge in [0.1, 0.15) is 5.69 Å². The largest absolute Gasteiger partial charge is 0.376 e. The highest BCUT2D eigenvalue weighted by Crippen LogP contribution is 2.32. The fourth-order valence-electron chi connectivity index (χ4n) is 8.57. The molecule has 2 aliphatic rings. The fourth-order valence-corrected chi connectivity index (χ4v) is 10.7. The minimum atomic E-state index is -4.44. The van der Waals surface area contributed by atoms with E-state index in [-0.39, 0.29) is 27.9 Å². The van der Waals surface area contributed by atoms with E-state index in [1.54, 1.807) is 23.9 Å². The van der Waals surface area contributed by atoms with Gasteiger partial charge in [0, 0.05) is 78.3 Å². The van der Waals surface area contributed by atoms with Crippen LogP contribution in [0.5, 0.6) is 0 Å². The number of nitro groups is 1. The fraction of sp³-hybridized carbons (Fsp3) is 0.367. The Labute approximate surface area is 381 Å². The second kappa shape index (κ2) is 21.6. The Bertz CT molecular complexity index is 2410. The number of thioether (sulfide) groups is 1. The van der Waals surface area contributed by atoms with Gasteiger partial charge in [0.15, 0.2) is 0 Å². The van der Waals surface area contributed by atoms with Gasteiger partial charge in [-0.3, -0.25) is 19.8 Å². The van der Waals surface area contributed by atoms with Crippen LogP contribution in [-0.4, -0.2) is 86.7 Å². The zero-order valence-electron chi connectivity index (χ0n) is 36.0. The molecule has 5 aromatic rings. The highest BCUT2D eigenvalue weighted by atomic mass is 35.5. The van der Waals surface area contributed by atoms with Crippen molar-refractivity contribution in [2.75, 3.05) is 61.8 Å². The molecule has 11 nitrogen and oxygen atoms in total. The zero-order valence-corrected chi connectivity index (χ0v) is 38.4. The maximum absolute atomic E-state index is 13.5. The number of nitrogens with one attached hydrogen (secondary N) is 2. The topological polar surface area (TPSA) is 128 Å². The number of rotatable bonds is 18. The Hall–Kier alpha value is -4.92. The first-order valence-electron chi connectivity index (χ1n) is 21.8. The minimum absolute atomic E-state index is 0.125. The molecule has 332 valence electrons. The number of nitrogens with zero attached hydrogens (tertiary/aromatic N) is 4. The molecule has 0 bridgehead atoms. The summed E-state index contributed by atoms with van der Waals surface area (Å²) in [4.78, 5) is 33.0. The number of piperidine rings is 1. The molecule has 14 heteroatoms. The summed E-state index contributed by atoms with van der Waals surface area (Å²) in [5, 5.41) is 16.5. The molecule has 0 spiro atoms. The van der Waals surface area contributed by atoms with Crippen LogP contribution in [0.1, 0.15) is 55.5 Å². The highest BCUT2D eigenvalue weighted by Gasteiger charge is 2.27. The maximum Gasteiger partial charge on any atom is 0.293 e. The van der Waals surface area contributed by atoms with Gasteiger partial charge in [-0.2, -0.15) is 0 Å². The third-order valence-corrected chi connectivity index (χ3v) is 14.8. The molecule has 0 aliphatic carbocycles.